The van der Waals surface area contributed by atoms with Gasteiger partial charge in [-0.3, -0.25) is 10.1 Å². The van der Waals surface area contributed by atoms with Crippen molar-refractivity contribution in [3.05, 3.63) is 35.9 Å². The van der Waals surface area contributed by atoms with Crippen LogP contribution in [-0.4, -0.2) is 30.9 Å². The molecule has 0 saturated carbocycles. The fourth-order valence-corrected chi connectivity index (χ4v) is 2.09. The van der Waals surface area contributed by atoms with Gasteiger partial charge in [-0.25, -0.2) is 0 Å². The van der Waals surface area contributed by atoms with Crippen LogP contribution in [0.4, 0.5) is 0 Å². The van der Waals surface area contributed by atoms with Gasteiger partial charge in [-0.05, 0) is 5.56 Å². The van der Waals surface area contributed by atoms with Crippen LogP contribution in [0.3, 0.4) is 0 Å². The molecule has 1 aromatic rings. The Balaban J connectivity index is 2.37. The molecule has 0 radical (unpaired) electrons. The van der Waals surface area contributed by atoms with Crippen molar-refractivity contribution in [3.63, 3.8) is 0 Å². The number of piperazine rings is 1. The lowest BCUT2D eigenvalue weighted by molar-refractivity contribution is -0.136. The average molecular weight is 225 g/mol. The highest BCUT2D eigenvalue weighted by Crippen LogP contribution is 2.29. The summed E-state index contributed by atoms with van der Waals surface area (Å²) in [6.07, 6.45) is 0. The molecule has 1 N–H and O–H groups in total. The van der Waals surface area contributed by atoms with Crippen LogP contribution >= 0.6 is 11.6 Å². The second-order valence-corrected chi connectivity index (χ2v) is 4.24. The van der Waals surface area contributed by atoms with Gasteiger partial charge in [0.05, 0.1) is 0 Å². The summed E-state index contributed by atoms with van der Waals surface area (Å²) in [4.78, 5) is 12.5. The molecular formula is C11H13ClN2O. The molecule has 3 nitrogen and oxygen atoms in total. The molecule has 2 rings (SSSR count). The van der Waals surface area contributed by atoms with E-state index in [2.05, 4.69) is 5.32 Å². The maximum atomic E-state index is 12.0. The lowest BCUT2D eigenvalue weighted by atomic mass is 10.0. The lowest BCUT2D eigenvalue weighted by Gasteiger charge is -2.36. The molecule has 1 aliphatic heterocycles. The second kappa shape index (κ2) is 3.83. The van der Waals surface area contributed by atoms with E-state index in [0.29, 0.717) is 13.1 Å². The Labute approximate surface area is 94.0 Å². The summed E-state index contributed by atoms with van der Waals surface area (Å²) in [5.41, 5.74) is 0.795. The van der Waals surface area contributed by atoms with Crippen molar-refractivity contribution in [1.82, 2.24) is 10.2 Å². The fourth-order valence-electron chi connectivity index (χ4n) is 1.73. The molecule has 0 aromatic heterocycles. The van der Waals surface area contributed by atoms with E-state index < -0.39 is 5.00 Å². The first kappa shape index (κ1) is 10.5. The maximum absolute atomic E-state index is 12.0. The molecule has 1 atom stereocenters. The number of likely N-dealkylation sites (N-methyl/N-ethyl adjacent to an activating group) is 1. The normalized spacial score (nSPS) is 26.8. The van der Waals surface area contributed by atoms with Gasteiger partial charge >= 0.3 is 0 Å². The van der Waals surface area contributed by atoms with Crippen molar-refractivity contribution in [2.24, 2.45) is 0 Å². The first-order valence-electron chi connectivity index (χ1n) is 4.89. The summed E-state index contributed by atoms with van der Waals surface area (Å²) in [5, 5.41) is 3.07. The number of nitrogens with zero attached hydrogens (tertiary/aromatic N) is 1. The van der Waals surface area contributed by atoms with Gasteiger partial charge in [0.25, 0.3) is 5.91 Å². The maximum Gasteiger partial charge on any atom is 0.262 e. The van der Waals surface area contributed by atoms with E-state index in [1.165, 1.54) is 0 Å². The molecule has 1 aromatic carbocycles. The van der Waals surface area contributed by atoms with Gasteiger partial charge in [0, 0.05) is 20.1 Å². The zero-order valence-corrected chi connectivity index (χ0v) is 9.29. The number of rotatable bonds is 1. The van der Waals surface area contributed by atoms with E-state index >= 15 is 0 Å². The molecule has 1 saturated heterocycles. The van der Waals surface area contributed by atoms with Crippen molar-refractivity contribution in [2.45, 2.75) is 5.00 Å². The van der Waals surface area contributed by atoms with E-state index in [-0.39, 0.29) is 5.91 Å². The quantitative estimate of drug-likeness (QED) is 0.573. The molecule has 0 bridgehead atoms. The summed E-state index contributed by atoms with van der Waals surface area (Å²) >= 11 is 6.34. The Morgan fingerprint density at radius 2 is 2.07 bits per heavy atom. The van der Waals surface area contributed by atoms with E-state index in [1.54, 1.807) is 11.9 Å². The van der Waals surface area contributed by atoms with Crippen molar-refractivity contribution in [2.75, 3.05) is 20.1 Å². The lowest BCUT2D eigenvalue weighted by Crippen LogP contribution is -2.58. The molecule has 80 valence electrons. The Morgan fingerprint density at radius 3 is 2.73 bits per heavy atom. The van der Waals surface area contributed by atoms with Crippen molar-refractivity contribution in [1.29, 1.82) is 0 Å². The third-order valence-corrected chi connectivity index (χ3v) is 3.14. The second-order valence-electron chi connectivity index (χ2n) is 3.68. The van der Waals surface area contributed by atoms with Crippen LogP contribution in [0.1, 0.15) is 5.56 Å². The number of nitrogens with one attached hydrogen (secondary N) is 1. The number of amides is 1. The molecule has 1 amide bonds. The monoisotopic (exact) mass is 224 g/mol. The Bertz CT molecular complexity index is 368. The number of carbonyl (C=O) groups is 1. The molecule has 0 aliphatic carbocycles. The molecular weight excluding hydrogens is 212 g/mol. The predicted molar refractivity (Wildman–Crippen MR) is 59.6 cm³/mol. The van der Waals surface area contributed by atoms with E-state index in [9.17, 15) is 4.79 Å². The van der Waals surface area contributed by atoms with Crippen LogP contribution < -0.4 is 5.32 Å². The first-order chi connectivity index (χ1) is 7.14. The average Bonchev–Trinajstić information content (AvgIpc) is 2.27. The third kappa shape index (κ3) is 1.73. The summed E-state index contributed by atoms with van der Waals surface area (Å²) in [6.45, 7) is 1.40. The number of alkyl halides is 1. The minimum atomic E-state index is -1.09. The highest BCUT2D eigenvalue weighted by molar-refractivity contribution is 6.34. The van der Waals surface area contributed by atoms with E-state index in [1.807, 2.05) is 30.3 Å². The molecule has 1 fully saturated rings. The summed E-state index contributed by atoms with van der Waals surface area (Å²) in [5.74, 6) is -0.0957. The molecule has 0 spiro atoms. The van der Waals surface area contributed by atoms with Crippen molar-refractivity contribution < 1.29 is 4.79 Å². The Hall–Kier alpha value is -1.06. The summed E-state index contributed by atoms with van der Waals surface area (Å²) in [6, 6.07) is 9.38. The van der Waals surface area contributed by atoms with Gasteiger partial charge < -0.3 is 4.90 Å². The smallest absolute Gasteiger partial charge is 0.262 e. The van der Waals surface area contributed by atoms with E-state index in [0.717, 1.165) is 5.56 Å². The van der Waals surface area contributed by atoms with Crippen LogP contribution in [-0.2, 0) is 9.79 Å². The van der Waals surface area contributed by atoms with Crippen LogP contribution in [0, 0.1) is 0 Å². The number of hydrogen-bond acceptors (Lipinski definition) is 2. The molecule has 1 heterocycles. The van der Waals surface area contributed by atoms with Crippen LogP contribution in [0.25, 0.3) is 0 Å². The highest BCUT2D eigenvalue weighted by Gasteiger charge is 2.42. The van der Waals surface area contributed by atoms with Gasteiger partial charge in [-0.15, -0.1) is 0 Å². The minimum absolute atomic E-state index is 0.0957. The third-order valence-electron chi connectivity index (χ3n) is 2.63. The molecule has 4 heteroatoms. The van der Waals surface area contributed by atoms with Crippen LogP contribution in [0.5, 0.6) is 0 Å². The largest absolute Gasteiger partial charge is 0.341 e. The SMILES string of the molecule is CN1CCNC(Cl)(c2ccccc2)C1=O. The van der Waals surface area contributed by atoms with Gasteiger partial charge in [-0.1, -0.05) is 41.9 Å². The van der Waals surface area contributed by atoms with Crippen molar-refractivity contribution in [3.8, 4) is 0 Å². The molecule has 1 unspecified atom stereocenters. The summed E-state index contributed by atoms with van der Waals surface area (Å²) < 4.78 is 0. The highest BCUT2D eigenvalue weighted by atomic mass is 35.5. The van der Waals surface area contributed by atoms with Crippen molar-refractivity contribution >= 4 is 17.5 Å². The molecule has 1 aliphatic rings. The van der Waals surface area contributed by atoms with Gasteiger partial charge in [0.1, 0.15) is 0 Å². The zero-order valence-electron chi connectivity index (χ0n) is 8.53. The standard InChI is InChI=1S/C11H13ClN2O/c1-14-8-7-13-11(12,10(14)15)9-5-3-2-4-6-9/h2-6,13H,7-8H2,1H3. The topological polar surface area (TPSA) is 32.3 Å². The fraction of sp³-hybridized carbons (Fsp3) is 0.364. The van der Waals surface area contributed by atoms with E-state index in [4.69, 9.17) is 11.6 Å². The van der Waals surface area contributed by atoms with Crippen LogP contribution in [0.2, 0.25) is 0 Å². The number of halogens is 1. The molecule has 15 heavy (non-hydrogen) atoms. The number of benzene rings is 1. The van der Waals surface area contributed by atoms with Gasteiger partial charge in [-0.2, -0.15) is 0 Å². The first-order valence-corrected chi connectivity index (χ1v) is 5.27. The zero-order chi connectivity index (χ0) is 10.9. The Morgan fingerprint density at radius 1 is 1.40 bits per heavy atom. The Kier molecular flexibility index (Phi) is 2.67. The number of carbonyl (C=O) groups excluding carboxylic acids is 1. The predicted octanol–water partition coefficient (Wildman–Crippen LogP) is 1.14. The summed E-state index contributed by atoms with van der Waals surface area (Å²) in [7, 11) is 1.77. The number of hydrogen-bond donors (Lipinski definition) is 1. The van der Waals surface area contributed by atoms with Gasteiger partial charge in [0.15, 0.2) is 5.00 Å². The van der Waals surface area contributed by atoms with Crippen LogP contribution in [0.15, 0.2) is 30.3 Å². The van der Waals surface area contributed by atoms with Gasteiger partial charge in [0.2, 0.25) is 0 Å². The minimum Gasteiger partial charge on any atom is -0.341 e.